The Morgan fingerprint density at radius 1 is 0.875 bits per heavy atom. The SMILES string of the molecule is CC(C)n1c([C@@H](O)c2cccc3ccccc23)nc2ccccc21. The molecule has 3 heteroatoms. The van der Waals surface area contributed by atoms with Crippen LogP contribution in [0, 0.1) is 0 Å². The second-order valence-corrected chi connectivity index (χ2v) is 6.39. The first-order chi connectivity index (χ1) is 11.7. The molecule has 0 spiro atoms. The number of hydrogen-bond donors (Lipinski definition) is 1. The van der Waals surface area contributed by atoms with Crippen molar-refractivity contribution in [3.05, 3.63) is 78.1 Å². The fourth-order valence-electron chi connectivity index (χ4n) is 3.43. The zero-order valence-electron chi connectivity index (χ0n) is 13.8. The third kappa shape index (κ3) is 2.29. The van der Waals surface area contributed by atoms with Gasteiger partial charge in [0.1, 0.15) is 11.9 Å². The molecule has 4 rings (SSSR count). The maximum atomic E-state index is 11.1. The number of benzene rings is 3. The van der Waals surface area contributed by atoms with Gasteiger partial charge in [-0.1, -0.05) is 54.6 Å². The van der Waals surface area contributed by atoms with Crippen molar-refractivity contribution in [1.29, 1.82) is 0 Å². The average molecular weight is 316 g/mol. The molecule has 0 aliphatic heterocycles. The topological polar surface area (TPSA) is 38.0 Å². The zero-order valence-corrected chi connectivity index (χ0v) is 13.8. The lowest BCUT2D eigenvalue weighted by Crippen LogP contribution is -2.12. The van der Waals surface area contributed by atoms with E-state index in [0.717, 1.165) is 27.4 Å². The molecule has 3 aromatic carbocycles. The Bertz CT molecular complexity index is 1010. The second-order valence-electron chi connectivity index (χ2n) is 6.39. The van der Waals surface area contributed by atoms with E-state index < -0.39 is 6.10 Å². The summed E-state index contributed by atoms with van der Waals surface area (Å²) in [6.45, 7) is 4.24. The van der Waals surface area contributed by atoms with E-state index in [0.29, 0.717) is 5.82 Å². The Morgan fingerprint density at radius 3 is 2.42 bits per heavy atom. The molecular formula is C21H20N2O. The van der Waals surface area contributed by atoms with E-state index in [1.807, 2.05) is 42.5 Å². The van der Waals surface area contributed by atoms with Crippen LogP contribution in [0.4, 0.5) is 0 Å². The summed E-state index contributed by atoms with van der Waals surface area (Å²) >= 11 is 0. The highest BCUT2D eigenvalue weighted by molar-refractivity contribution is 5.86. The Hall–Kier alpha value is -2.65. The predicted molar refractivity (Wildman–Crippen MR) is 98.1 cm³/mol. The Kier molecular flexibility index (Phi) is 3.58. The number of rotatable bonds is 3. The number of nitrogens with zero attached hydrogens (tertiary/aromatic N) is 2. The smallest absolute Gasteiger partial charge is 0.143 e. The Morgan fingerprint density at radius 2 is 1.58 bits per heavy atom. The summed E-state index contributed by atoms with van der Waals surface area (Å²) < 4.78 is 2.13. The number of fused-ring (bicyclic) bond motifs is 2. The maximum absolute atomic E-state index is 11.1. The summed E-state index contributed by atoms with van der Waals surface area (Å²) in [5.41, 5.74) is 2.87. The van der Waals surface area contributed by atoms with Crippen molar-refractivity contribution >= 4 is 21.8 Å². The lowest BCUT2D eigenvalue weighted by Gasteiger charge is -2.18. The third-order valence-electron chi connectivity index (χ3n) is 4.50. The molecule has 4 aromatic rings. The van der Waals surface area contributed by atoms with E-state index in [1.165, 1.54) is 0 Å². The van der Waals surface area contributed by atoms with E-state index in [2.05, 4.69) is 42.7 Å². The van der Waals surface area contributed by atoms with Gasteiger partial charge in [0.15, 0.2) is 0 Å². The van der Waals surface area contributed by atoms with Gasteiger partial charge in [-0.15, -0.1) is 0 Å². The molecule has 0 saturated carbocycles. The summed E-state index contributed by atoms with van der Waals surface area (Å²) in [5, 5.41) is 13.3. The van der Waals surface area contributed by atoms with Crippen molar-refractivity contribution in [1.82, 2.24) is 9.55 Å². The Labute approximate surface area is 141 Å². The molecule has 120 valence electrons. The average Bonchev–Trinajstić information content (AvgIpc) is 3.00. The lowest BCUT2D eigenvalue weighted by molar-refractivity contribution is 0.205. The minimum absolute atomic E-state index is 0.219. The van der Waals surface area contributed by atoms with Gasteiger partial charge in [-0.25, -0.2) is 4.98 Å². The molecule has 3 nitrogen and oxygen atoms in total. The van der Waals surface area contributed by atoms with Crippen LogP contribution in [0.2, 0.25) is 0 Å². The normalized spacial score (nSPS) is 13.0. The first-order valence-electron chi connectivity index (χ1n) is 8.29. The summed E-state index contributed by atoms with van der Waals surface area (Å²) in [7, 11) is 0. The van der Waals surface area contributed by atoms with Gasteiger partial charge in [0.25, 0.3) is 0 Å². The van der Waals surface area contributed by atoms with Crippen LogP contribution >= 0.6 is 0 Å². The molecule has 1 aromatic heterocycles. The van der Waals surface area contributed by atoms with Gasteiger partial charge in [0, 0.05) is 6.04 Å². The van der Waals surface area contributed by atoms with Crippen molar-refractivity contribution in [3.63, 3.8) is 0 Å². The molecule has 0 aliphatic carbocycles. The zero-order chi connectivity index (χ0) is 16.7. The minimum atomic E-state index is -0.758. The summed E-state index contributed by atoms with van der Waals surface area (Å²) in [6, 6.07) is 22.4. The highest BCUT2D eigenvalue weighted by Crippen LogP contribution is 2.32. The maximum Gasteiger partial charge on any atom is 0.143 e. The van der Waals surface area contributed by atoms with Crippen LogP contribution in [0.25, 0.3) is 21.8 Å². The second kappa shape index (κ2) is 5.77. The first kappa shape index (κ1) is 14.9. The van der Waals surface area contributed by atoms with Crippen molar-refractivity contribution in [3.8, 4) is 0 Å². The fourth-order valence-corrected chi connectivity index (χ4v) is 3.43. The molecule has 24 heavy (non-hydrogen) atoms. The van der Waals surface area contributed by atoms with Gasteiger partial charge >= 0.3 is 0 Å². The van der Waals surface area contributed by atoms with Crippen LogP contribution in [0.5, 0.6) is 0 Å². The van der Waals surface area contributed by atoms with Gasteiger partial charge in [-0.3, -0.25) is 0 Å². The molecule has 0 bridgehead atoms. The summed E-state index contributed by atoms with van der Waals surface area (Å²) in [6.07, 6.45) is -0.758. The highest BCUT2D eigenvalue weighted by Gasteiger charge is 2.22. The van der Waals surface area contributed by atoms with Crippen molar-refractivity contribution < 1.29 is 5.11 Å². The highest BCUT2D eigenvalue weighted by atomic mass is 16.3. The van der Waals surface area contributed by atoms with Gasteiger partial charge in [-0.2, -0.15) is 0 Å². The number of hydrogen-bond acceptors (Lipinski definition) is 2. The molecule has 0 unspecified atom stereocenters. The molecule has 1 N–H and O–H groups in total. The van der Waals surface area contributed by atoms with E-state index in [-0.39, 0.29) is 6.04 Å². The number of para-hydroxylation sites is 2. The van der Waals surface area contributed by atoms with Crippen molar-refractivity contribution in [2.45, 2.75) is 26.0 Å². The number of aliphatic hydroxyl groups excluding tert-OH is 1. The molecule has 0 aliphatic rings. The van der Waals surface area contributed by atoms with Gasteiger partial charge in [0.2, 0.25) is 0 Å². The molecular weight excluding hydrogens is 296 g/mol. The monoisotopic (exact) mass is 316 g/mol. The molecule has 0 saturated heterocycles. The van der Waals surface area contributed by atoms with E-state index in [4.69, 9.17) is 4.98 Å². The van der Waals surface area contributed by atoms with Crippen LogP contribution in [0.1, 0.15) is 37.4 Å². The number of aliphatic hydroxyl groups is 1. The van der Waals surface area contributed by atoms with Gasteiger partial charge in [0.05, 0.1) is 11.0 Å². The van der Waals surface area contributed by atoms with Crippen LogP contribution in [-0.2, 0) is 0 Å². The largest absolute Gasteiger partial charge is 0.380 e. The molecule has 0 radical (unpaired) electrons. The predicted octanol–water partition coefficient (Wildman–Crippen LogP) is 4.85. The number of aromatic nitrogens is 2. The summed E-state index contributed by atoms with van der Waals surface area (Å²) in [4.78, 5) is 4.73. The van der Waals surface area contributed by atoms with Crippen molar-refractivity contribution in [2.24, 2.45) is 0 Å². The minimum Gasteiger partial charge on any atom is -0.380 e. The van der Waals surface area contributed by atoms with Gasteiger partial charge < -0.3 is 9.67 Å². The van der Waals surface area contributed by atoms with E-state index >= 15 is 0 Å². The molecule has 1 atom stereocenters. The third-order valence-corrected chi connectivity index (χ3v) is 4.50. The lowest BCUT2D eigenvalue weighted by atomic mass is 10.00. The van der Waals surface area contributed by atoms with Crippen molar-refractivity contribution in [2.75, 3.05) is 0 Å². The van der Waals surface area contributed by atoms with Crippen LogP contribution < -0.4 is 0 Å². The Balaban J connectivity index is 1.95. The standard InChI is InChI=1S/C21H20N2O/c1-14(2)23-19-13-6-5-12-18(19)22-21(23)20(24)17-11-7-9-15-8-3-4-10-16(15)17/h3-14,20,24H,1-2H3/t20-/m0/s1. The van der Waals surface area contributed by atoms with E-state index in [9.17, 15) is 5.11 Å². The molecule has 0 amide bonds. The van der Waals surface area contributed by atoms with E-state index in [1.54, 1.807) is 0 Å². The van der Waals surface area contributed by atoms with Crippen LogP contribution in [-0.4, -0.2) is 14.7 Å². The number of imidazole rings is 1. The van der Waals surface area contributed by atoms with Crippen LogP contribution in [0.3, 0.4) is 0 Å². The first-order valence-corrected chi connectivity index (χ1v) is 8.29. The quantitative estimate of drug-likeness (QED) is 0.586. The molecule has 1 heterocycles. The summed E-state index contributed by atoms with van der Waals surface area (Å²) in [5.74, 6) is 0.697. The molecule has 0 fully saturated rings. The van der Waals surface area contributed by atoms with Gasteiger partial charge in [-0.05, 0) is 42.3 Å². The fraction of sp³-hybridized carbons (Fsp3) is 0.190. The van der Waals surface area contributed by atoms with Crippen LogP contribution in [0.15, 0.2) is 66.7 Å².